The fourth-order valence-electron chi connectivity index (χ4n) is 4.41. The molecule has 162 valence electrons. The molecule has 2 aromatic heterocycles. The van der Waals surface area contributed by atoms with Gasteiger partial charge in [-0.25, -0.2) is 4.98 Å². The second-order valence-electron chi connectivity index (χ2n) is 8.63. The lowest BCUT2D eigenvalue weighted by Gasteiger charge is -2.14. The van der Waals surface area contributed by atoms with E-state index in [1.165, 1.54) is 16.7 Å². The van der Waals surface area contributed by atoms with Gasteiger partial charge >= 0.3 is 0 Å². The first-order valence-corrected chi connectivity index (χ1v) is 11.1. The van der Waals surface area contributed by atoms with E-state index in [0.29, 0.717) is 5.78 Å². The molecule has 6 rings (SSSR count). The summed E-state index contributed by atoms with van der Waals surface area (Å²) in [5.41, 5.74) is 6.40. The zero-order valence-electron chi connectivity index (χ0n) is 18.6. The molecule has 6 nitrogen and oxygen atoms in total. The highest BCUT2D eigenvalue weighted by Gasteiger charge is 2.50. The molecule has 3 aromatic carbocycles. The molecular weight excluding hydrogens is 410 g/mol. The summed E-state index contributed by atoms with van der Waals surface area (Å²) in [6.45, 7) is 2.10. The molecule has 0 saturated heterocycles. The van der Waals surface area contributed by atoms with Crippen molar-refractivity contribution < 1.29 is 4.74 Å². The summed E-state index contributed by atoms with van der Waals surface area (Å²) in [5.74, 6) is 2.20. The van der Waals surface area contributed by atoms with Crippen LogP contribution in [0.5, 0.6) is 5.75 Å². The molecular formula is C27H23N5O. The minimum atomic E-state index is -0.159. The van der Waals surface area contributed by atoms with E-state index in [2.05, 4.69) is 77.8 Å². The summed E-state index contributed by atoms with van der Waals surface area (Å²) in [5, 5.41) is 13.6. The van der Waals surface area contributed by atoms with E-state index in [1.807, 2.05) is 12.1 Å². The number of hydrogen-bond acceptors (Lipinski definition) is 5. The number of fused-ring (bicyclic) bond motifs is 1. The molecule has 0 atom stereocenters. The van der Waals surface area contributed by atoms with Crippen molar-refractivity contribution in [3.05, 3.63) is 95.9 Å². The number of aromatic nitrogens is 5. The molecule has 0 amide bonds. The van der Waals surface area contributed by atoms with Gasteiger partial charge in [0.25, 0.3) is 5.78 Å². The van der Waals surface area contributed by atoms with E-state index in [1.54, 1.807) is 17.8 Å². The van der Waals surface area contributed by atoms with Crippen molar-refractivity contribution in [2.45, 2.75) is 25.2 Å². The fourth-order valence-corrected chi connectivity index (χ4v) is 4.41. The first kappa shape index (κ1) is 19.6. The minimum Gasteiger partial charge on any atom is -0.497 e. The predicted octanol–water partition coefficient (Wildman–Crippen LogP) is 5.25. The molecule has 1 aliphatic carbocycles. The fraction of sp³-hybridized carbons (Fsp3) is 0.185. The van der Waals surface area contributed by atoms with Crippen LogP contribution in [0, 0.1) is 6.92 Å². The third kappa shape index (κ3) is 3.35. The summed E-state index contributed by atoms with van der Waals surface area (Å²) in [7, 11) is 1.68. The Morgan fingerprint density at radius 1 is 0.848 bits per heavy atom. The SMILES string of the molecule is COc1ccc(C2(c3nnc4nc(-c5cccc(-c6ccc(C)cc6)c5)cnn34)CC2)cc1. The van der Waals surface area contributed by atoms with Crippen LogP contribution in [-0.4, -0.2) is 31.9 Å². The molecule has 0 spiro atoms. The number of methoxy groups -OCH3 is 1. The van der Waals surface area contributed by atoms with Crippen LogP contribution in [-0.2, 0) is 5.41 Å². The van der Waals surface area contributed by atoms with Crippen LogP contribution in [0.1, 0.15) is 29.8 Å². The zero-order chi connectivity index (χ0) is 22.4. The number of nitrogens with zero attached hydrogens (tertiary/aromatic N) is 5. The minimum absolute atomic E-state index is 0.159. The third-order valence-corrected chi connectivity index (χ3v) is 6.50. The van der Waals surface area contributed by atoms with Crippen LogP contribution in [0.4, 0.5) is 0 Å². The van der Waals surface area contributed by atoms with Crippen molar-refractivity contribution in [1.29, 1.82) is 0 Å². The van der Waals surface area contributed by atoms with Gasteiger partial charge in [0, 0.05) is 5.56 Å². The van der Waals surface area contributed by atoms with Crippen molar-refractivity contribution in [2.75, 3.05) is 7.11 Å². The predicted molar refractivity (Wildman–Crippen MR) is 127 cm³/mol. The highest BCUT2D eigenvalue weighted by Crippen LogP contribution is 2.52. The molecule has 5 aromatic rings. The van der Waals surface area contributed by atoms with E-state index in [4.69, 9.17) is 14.8 Å². The summed E-state index contributed by atoms with van der Waals surface area (Å²) in [4.78, 5) is 4.78. The molecule has 1 saturated carbocycles. The molecule has 0 bridgehead atoms. The highest BCUT2D eigenvalue weighted by atomic mass is 16.5. The van der Waals surface area contributed by atoms with Crippen molar-refractivity contribution >= 4 is 5.78 Å². The Morgan fingerprint density at radius 2 is 1.61 bits per heavy atom. The number of aryl methyl sites for hydroxylation is 1. The Balaban J connectivity index is 1.36. The molecule has 0 aliphatic heterocycles. The van der Waals surface area contributed by atoms with Crippen LogP contribution in [0.2, 0.25) is 0 Å². The Hall–Kier alpha value is -4.06. The van der Waals surface area contributed by atoms with Gasteiger partial charge in [-0.3, -0.25) is 0 Å². The third-order valence-electron chi connectivity index (χ3n) is 6.50. The first-order valence-electron chi connectivity index (χ1n) is 11.1. The highest BCUT2D eigenvalue weighted by molar-refractivity contribution is 5.71. The van der Waals surface area contributed by atoms with Gasteiger partial charge in [-0.2, -0.15) is 9.61 Å². The van der Waals surface area contributed by atoms with E-state index < -0.39 is 0 Å². The first-order chi connectivity index (χ1) is 16.2. The average Bonchev–Trinajstić information content (AvgIpc) is 3.56. The van der Waals surface area contributed by atoms with E-state index >= 15 is 0 Å². The Kier molecular flexibility index (Phi) is 4.47. The summed E-state index contributed by atoms with van der Waals surface area (Å²) < 4.78 is 7.09. The van der Waals surface area contributed by atoms with Crippen LogP contribution < -0.4 is 4.74 Å². The summed E-state index contributed by atoms with van der Waals surface area (Å²) in [6.07, 6.45) is 3.84. The Bertz CT molecular complexity index is 1450. The van der Waals surface area contributed by atoms with Gasteiger partial charge in [-0.05, 0) is 54.7 Å². The van der Waals surface area contributed by atoms with Crippen molar-refractivity contribution in [3.8, 4) is 28.1 Å². The second kappa shape index (κ2) is 7.52. The largest absolute Gasteiger partial charge is 0.497 e. The van der Waals surface area contributed by atoms with Crippen molar-refractivity contribution in [2.24, 2.45) is 0 Å². The van der Waals surface area contributed by atoms with Gasteiger partial charge < -0.3 is 4.74 Å². The molecule has 1 aliphatic rings. The summed E-state index contributed by atoms with van der Waals surface area (Å²) >= 11 is 0. The van der Waals surface area contributed by atoms with Gasteiger partial charge in [0.2, 0.25) is 0 Å². The molecule has 33 heavy (non-hydrogen) atoms. The van der Waals surface area contributed by atoms with Gasteiger partial charge in [0.1, 0.15) is 5.75 Å². The number of rotatable bonds is 5. The van der Waals surface area contributed by atoms with Crippen LogP contribution in [0.15, 0.2) is 79.0 Å². The molecule has 0 N–H and O–H groups in total. The van der Waals surface area contributed by atoms with Crippen LogP contribution >= 0.6 is 0 Å². The molecule has 1 fully saturated rings. The normalized spacial score (nSPS) is 14.4. The molecule has 2 heterocycles. The number of benzene rings is 3. The van der Waals surface area contributed by atoms with Crippen molar-refractivity contribution in [1.82, 2.24) is 24.8 Å². The van der Waals surface area contributed by atoms with E-state index in [9.17, 15) is 0 Å². The zero-order valence-corrected chi connectivity index (χ0v) is 18.6. The van der Waals surface area contributed by atoms with Gasteiger partial charge in [0.05, 0.1) is 24.4 Å². The smallest absolute Gasteiger partial charge is 0.272 e. The number of ether oxygens (including phenoxy) is 1. The van der Waals surface area contributed by atoms with Gasteiger partial charge in [0.15, 0.2) is 5.82 Å². The standard InChI is InChI=1S/C27H23N5O/c1-18-6-8-19(9-7-18)20-4-3-5-21(16-20)24-17-28-32-25(30-31-26(32)29-24)27(14-15-27)22-10-12-23(33-2)13-11-22/h3-13,16-17H,14-15H2,1-2H3. The Morgan fingerprint density at radius 3 is 2.33 bits per heavy atom. The maximum Gasteiger partial charge on any atom is 0.272 e. The summed E-state index contributed by atoms with van der Waals surface area (Å²) in [6, 6.07) is 25.1. The monoisotopic (exact) mass is 433 g/mol. The van der Waals surface area contributed by atoms with Crippen LogP contribution in [0.3, 0.4) is 0 Å². The Labute approximate surface area is 191 Å². The second-order valence-corrected chi connectivity index (χ2v) is 8.63. The maximum atomic E-state index is 5.30. The quantitative estimate of drug-likeness (QED) is 0.379. The number of hydrogen-bond donors (Lipinski definition) is 0. The van der Waals surface area contributed by atoms with Gasteiger partial charge in [-0.1, -0.05) is 60.2 Å². The maximum absolute atomic E-state index is 5.30. The lowest BCUT2D eigenvalue weighted by atomic mass is 9.95. The topological polar surface area (TPSA) is 65.2 Å². The molecule has 0 radical (unpaired) electrons. The average molecular weight is 434 g/mol. The van der Waals surface area contributed by atoms with Crippen molar-refractivity contribution in [3.63, 3.8) is 0 Å². The lowest BCUT2D eigenvalue weighted by Crippen LogP contribution is -2.15. The van der Waals surface area contributed by atoms with Gasteiger partial charge in [-0.15, -0.1) is 10.2 Å². The molecule has 0 unspecified atom stereocenters. The van der Waals surface area contributed by atoms with E-state index in [0.717, 1.165) is 41.2 Å². The van der Waals surface area contributed by atoms with Crippen LogP contribution in [0.25, 0.3) is 28.2 Å². The lowest BCUT2D eigenvalue weighted by molar-refractivity contribution is 0.414. The van der Waals surface area contributed by atoms with E-state index in [-0.39, 0.29) is 5.41 Å². The molecule has 6 heteroatoms.